The summed E-state index contributed by atoms with van der Waals surface area (Å²) < 4.78 is 18.6. The number of nitrogens with zero attached hydrogens (tertiary/aromatic N) is 3. The van der Waals surface area contributed by atoms with Crippen LogP contribution in [0, 0.1) is 3.57 Å². The summed E-state index contributed by atoms with van der Waals surface area (Å²) in [6.07, 6.45) is 0. The predicted molar refractivity (Wildman–Crippen MR) is 336 cm³/mol. The molecule has 2 aromatic heterocycles. The summed E-state index contributed by atoms with van der Waals surface area (Å²) in [5.41, 5.74) is 17.9. The van der Waals surface area contributed by atoms with Gasteiger partial charge in [0.1, 0.15) is 0 Å². The molecule has 0 atom stereocenters. The van der Waals surface area contributed by atoms with Crippen LogP contribution in [0.1, 0.15) is 25.0 Å². The number of para-hydroxylation sites is 6. The summed E-state index contributed by atoms with van der Waals surface area (Å²) in [5.74, 6) is 2.87. The molecule has 79 heavy (non-hydrogen) atoms. The van der Waals surface area contributed by atoms with Crippen LogP contribution in [0.3, 0.4) is 0 Å². The van der Waals surface area contributed by atoms with Gasteiger partial charge in [0, 0.05) is 58.7 Å². The molecule has 6 heteroatoms. The van der Waals surface area contributed by atoms with Crippen molar-refractivity contribution in [3.63, 3.8) is 0 Å². The Morgan fingerprint density at radius 2 is 0.835 bits per heavy atom. The zero-order valence-electron chi connectivity index (χ0n) is 43.4. The smallest absolute Gasteiger partial charge is 0.170 e. The van der Waals surface area contributed by atoms with Crippen molar-refractivity contribution in [3.05, 3.63) is 282 Å². The fraction of sp³-hybridized carbons (Fsp3) is 0.0411. The highest BCUT2D eigenvalue weighted by Gasteiger charge is 2.36. The standard InChI is InChI=1S/C55H38N2O2.C18H12IN/c1-55(2)46-20-10-8-17-41(46)42-27-25-38(34-47(42)55)56(37-26-29-50-45(33-37)44-19-9-11-21-48(44)57(50)36-14-4-3-5-15-36)49-30-28-39(40-16-6-7-18-43(40)49)35-24-31-53-54(32-35)59-52-23-13-12-22-51(52)58-53;19-13-10-11-18-16(12-13)15-8-4-5-9-17(15)20(18)14-6-2-1-3-7-14/h3-34H,1-2H3;1-12H. The highest BCUT2D eigenvalue weighted by Crippen LogP contribution is 2.53. The van der Waals surface area contributed by atoms with E-state index < -0.39 is 0 Å². The second-order valence-electron chi connectivity index (χ2n) is 21.0. The summed E-state index contributed by atoms with van der Waals surface area (Å²) >= 11 is 2.38. The lowest BCUT2D eigenvalue weighted by Gasteiger charge is -2.29. The Labute approximate surface area is 471 Å². The highest BCUT2D eigenvalue weighted by molar-refractivity contribution is 14.1. The molecule has 0 amide bonds. The molecule has 5 nitrogen and oxygen atoms in total. The molecule has 0 bridgehead atoms. The fourth-order valence-corrected chi connectivity index (χ4v) is 12.9. The third kappa shape index (κ3) is 7.72. The summed E-state index contributed by atoms with van der Waals surface area (Å²) in [4.78, 5) is 2.46. The second-order valence-corrected chi connectivity index (χ2v) is 22.2. The van der Waals surface area contributed by atoms with E-state index in [2.05, 4.69) is 287 Å². The molecule has 16 rings (SSSR count). The van der Waals surface area contributed by atoms with Gasteiger partial charge in [-0.2, -0.15) is 0 Å². The van der Waals surface area contributed by atoms with Crippen molar-refractivity contribution in [2.24, 2.45) is 0 Å². The average Bonchev–Trinajstić information content (AvgIpc) is 4.34. The first-order chi connectivity index (χ1) is 38.9. The summed E-state index contributed by atoms with van der Waals surface area (Å²) in [5, 5.41) is 7.36. The maximum absolute atomic E-state index is 6.37. The zero-order valence-corrected chi connectivity index (χ0v) is 45.6. The first-order valence-corrected chi connectivity index (χ1v) is 27.9. The lowest BCUT2D eigenvalue weighted by molar-refractivity contribution is 0.360. The molecule has 0 N–H and O–H groups in total. The Balaban J connectivity index is 0.000000226. The normalized spacial score (nSPS) is 12.8. The van der Waals surface area contributed by atoms with E-state index in [0.29, 0.717) is 11.5 Å². The van der Waals surface area contributed by atoms with E-state index in [-0.39, 0.29) is 5.41 Å². The molecule has 14 aromatic rings. The minimum Gasteiger partial charge on any atom is -0.450 e. The Hall–Kier alpha value is -9.37. The molecule has 3 heterocycles. The van der Waals surface area contributed by atoms with Gasteiger partial charge in [0.05, 0.1) is 27.8 Å². The van der Waals surface area contributed by atoms with Crippen molar-refractivity contribution in [2.45, 2.75) is 19.3 Å². The average molecular weight is 1130 g/mol. The summed E-state index contributed by atoms with van der Waals surface area (Å²) in [7, 11) is 0. The Morgan fingerprint density at radius 1 is 0.342 bits per heavy atom. The molecule has 1 aliphatic carbocycles. The molecule has 0 saturated carbocycles. The SMILES string of the molecule is CC1(C)c2ccccc2-c2ccc(N(c3ccc4c(c3)c3ccccc3n4-c3ccccc3)c3ccc(-c4ccc5c(c4)Oc4ccccc4O5)c4ccccc34)cc21.Ic1ccc2c(c1)c1ccccc1n2-c1ccccc1. The first kappa shape index (κ1) is 46.9. The molecule has 0 unspecified atom stereocenters. The largest absolute Gasteiger partial charge is 0.450 e. The molecule has 376 valence electrons. The number of ether oxygens (including phenoxy) is 2. The van der Waals surface area contributed by atoms with Gasteiger partial charge in [0.15, 0.2) is 23.0 Å². The van der Waals surface area contributed by atoms with Gasteiger partial charge in [-0.1, -0.05) is 166 Å². The minimum atomic E-state index is -0.147. The molecular formula is C73H50IN3O2. The van der Waals surface area contributed by atoms with Gasteiger partial charge in [0.25, 0.3) is 0 Å². The van der Waals surface area contributed by atoms with Gasteiger partial charge in [-0.05, 0) is 177 Å². The van der Waals surface area contributed by atoms with Crippen molar-refractivity contribution in [3.8, 4) is 56.6 Å². The number of anilines is 3. The van der Waals surface area contributed by atoms with E-state index in [0.717, 1.165) is 56.1 Å². The van der Waals surface area contributed by atoms with Crippen LogP contribution in [-0.4, -0.2) is 9.13 Å². The van der Waals surface area contributed by atoms with Crippen molar-refractivity contribution in [2.75, 3.05) is 4.90 Å². The third-order valence-electron chi connectivity index (χ3n) is 16.1. The van der Waals surface area contributed by atoms with Crippen LogP contribution < -0.4 is 14.4 Å². The fourth-order valence-electron chi connectivity index (χ4n) is 12.4. The zero-order chi connectivity index (χ0) is 52.8. The van der Waals surface area contributed by atoms with Crippen molar-refractivity contribution in [1.29, 1.82) is 0 Å². The van der Waals surface area contributed by atoms with E-state index in [9.17, 15) is 0 Å². The van der Waals surface area contributed by atoms with Gasteiger partial charge in [-0.15, -0.1) is 0 Å². The number of halogens is 1. The monoisotopic (exact) mass is 1130 g/mol. The number of benzene rings is 12. The predicted octanol–water partition coefficient (Wildman–Crippen LogP) is 20.7. The number of hydrogen-bond donors (Lipinski definition) is 0. The van der Waals surface area contributed by atoms with Gasteiger partial charge in [-0.25, -0.2) is 0 Å². The van der Waals surface area contributed by atoms with Crippen LogP contribution in [0.15, 0.2) is 267 Å². The Kier molecular flexibility index (Phi) is 11.1. The van der Waals surface area contributed by atoms with Crippen LogP contribution in [0.5, 0.6) is 23.0 Å². The maximum Gasteiger partial charge on any atom is 0.170 e. The number of fused-ring (bicyclic) bond motifs is 12. The molecule has 0 radical (unpaired) electrons. The van der Waals surface area contributed by atoms with Gasteiger partial charge < -0.3 is 23.5 Å². The van der Waals surface area contributed by atoms with Gasteiger partial charge in [0.2, 0.25) is 0 Å². The van der Waals surface area contributed by atoms with Crippen molar-refractivity contribution >= 4 is 94.0 Å². The van der Waals surface area contributed by atoms with Gasteiger partial charge >= 0.3 is 0 Å². The van der Waals surface area contributed by atoms with Crippen molar-refractivity contribution in [1.82, 2.24) is 9.13 Å². The molecular weight excluding hydrogens is 1080 g/mol. The van der Waals surface area contributed by atoms with E-state index in [1.165, 1.54) is 75.1 Å². The molecule has 12 aromatic carbocycles. The third-order valence-corrected chi connectivity index (χ3v) is 16.8. The lowest BCUT2D eigenvalue weighted by Crippen LogP contribution is -2.16. The topological polar surface area (TPSA) is 31.6 Å². The van der Waals surface area contributed by atoms with E-state index in [4.69, 9.17) is 9.47 Å². The van der Waals surface area contributed by atoms with Crippen LogP contribution in [-0.2, 0) is 5.41 Å². The van der Waals surface area contributed by atoms with Gasteiger partial charge in [-0.3, -0.25) is 0 Å². The molecule has 0 fully saturated rings. The van der Waals surface area contributed by atoms with E-state index >= 15 is 0 Å². The molecule has 1 aliphatic heterocycles. The molecule has 0 spiro atoms. The minimum absolute atomic E-state index is 0.147. The highest BCUT2D eigenvalue weighted by atomic mass is 127. The lowest BCUT2D eigenvalue weighted by atomic mass is 9.82. The second kappa shape index (κ2) is 18.7. The van der Waals surface area contributed by atoms with E-state index in [1.807, 2.05) is 30.3 Å². The Morgan fingerprint density at radius 3 is 1.53 bits per heavy atom. The molecule has 0 saturated heterocycles. The van der Waals surface area contributed by atoms with Crippen LogP contribution >= 0.6 is 22.6 Å². The summed E-state index contributed by atoms with van der Waals surface area (Å²) in [6, 6.07) is 95.4. The maximum atomic E-state index is 6.37. The number of aromatic nitrogens is 2. The Bertz CT molecular complexity index is 4730. The van der Waals surface area contributed by atoms with Crippen LogP contribution in [0.4, 0.5) is 17.1 Å². The van der Waals surface area contributed by atoms with Crippen molar-refractivity contribution < 1.29 is 9.47 Å². The van der Waals surface area contributed by atoms with E-state index in [1.54, 1.807) is 0 Å². The molecule has 2 aliphatic rings. The van der Waals surface area contributed by atoms with Crippen LogP contribution in [0.2, 0.25) is 0 Å². The number of rotatable bonds is 6. The first-order valence-electron chi connectivity index (χ1n) is 26.8. The van der Waals surface area contributed by atoms with Crippen LogP contribution in [0.25, 0.3) is 88.0 Å². The quantitative estimate of drug-likeness (QED) is 0.156. The number of hydrogen-bond acceptors (Lipinski definition) is 3. The summed E-state index contributed by atoms with van der Waals surface area (Å²) in [6.45, 7) is 4.71.